The molecular formula is C12H18Cl2N2O3S. The van der Waals surface area contributed by atoms with Crippen LogP contribution in [0.15, 0.2) is 4.90 Å². The SMILES string of the molecule is COCc1nn(C2CCCCCC2)c(Cl)c1S(=O)(=O)Cl. The van der Waals surface area contributed by atoms with E-state index in [1.54, 1.807) is 4.68 Å². The summed E-state index contributed by atoms with van der Waals surface area (Å²) < 4.78 is 30.0. The molecule has 1 aliphatic rings. The van der Waals surface area contributed by atoms with Gasteiger partial charge < -0.3 is 4.74 Å². The zero-order valence-electron chi connectivity index (χ0n) is 11.3. The molecule has 1 aliphatic carbocycles. The van der Waals surface area contributed by atoms with E-state index < -0.39 is 9.05 Å². The van der Waals surface area contributed by atoms with Gasteiger partial charge in [0.2, 0.25) is 0 Å². The molecule has 8 heteroatoms. The molecule has 114 valence electrons. The lowest BCUT2D eigenvalue weighted by Crippen LogP contribution is -2.10. The Morgan fingerprint density at radius 2 is 1.90 bits per heavy atom. The predicted octanol–water partition coefficient (Wildman–Crippen LogP) is 3.51. The Hall–Kier alpha value is -0.300. The van der Waals surface area contributed by atoms with Gasteiger partial charge in [-0.05, 0) is 12.8 Å². The van der Waals surface area contributed by atoms with Crippen molar-refractivity contribution in [1.29, 1.82) is 0 Å². The Morgan fingerprint density at radius 1 is 1.30 bits per heavy atom. The van der Waals surface area contributed by atoms with E-state index in [0.29, 0.717) is 0 Å². The van der Waals surface area contributed by atoms with Crippen LogP contribution in [0.4, 0.5) is 0 Å². The lowest BCUT2D eigenvalue weighted by Gasteiger charge is -2.15. The van der Waals surface area contributed by atoms with Gasteiger partial charge in [-0.1, -0.05) is 37.3 Å². The smallest absolute Gasteiger partial charge is 0.266 e. The normalized spacial score (nSPS) is 18.1. The van der Waals surface area contributed by atoms with Gasteiger partial charge in [0.05, 0.1) is 12.6 Å². The van der Waals surface area contributed by atoms with Gasteiger partial charge in [0.1, 0.15) is 15.7 Å². The number of ether oxygens (including phenoxy) is 1. The minimum Gasteiger partial charge on any atom is -0.378 e. The minimum atomic E-state index is -3.94. The van der Waals surface area contributed by atoms with Gasteiger partial charge in [0.15, 0.2) is 0 Å². The molecular weight excluding hydrogens is 323 g/mol. The number of hydrogen-bond donors (Lipinski definition) is 0. The van der Waals surface area contributed by atoms with Crippen LogP contribution in [0.5, 0.6) is 0 Å². The molecule has 0 amide bonds. The van der Waals surface area contributed by atoms with E-state index >= 15 is 0 Å². The maximum atomic E-state index is 11.7. The van der Waals surface area contributed by atoms with Crippen LogP contribution in [-0.4, -0.2) is 25.3 Å². The maximum Gasteiger partial charge on any atom is 0.266 e. The van der Waals surface area contributed by atoms with E-state index in [1.807, 2.05) is 0 Å². The summed E-state index contributed by atoms with van der Waals surface area (Å²) in [4.78, 5) is -0.119. The van der Waals surface area contributed by atoms with Crippen molar-refractivity contribution in [3.63, 3.8) is 0 Å². The number of hydrogen-bond acceptors (Lipinski definition) is 4. The summed E-state index contributed by atoms with van der Waals surface area (Å²) in [5.41, 5.74) is 0.275. The third-order valence-corrected chi connectivity index (χ3v) is 5.43. The lowest BCUT2D eigenvalue weighted by molar-refractivity contribution is 0.178. The highest BCUT2D eigenvalue weighted by Gasteiger charge is 2.29. The molecule has 0 atom stereocenters. The van der Waals surface area contributed by atoms with Crippen LogP contribution in [0.1, 0.15) is 50.3 Å². The Bertz CT molecular complexity index is 564. The monoisotopic (exact) mass is 340 g/mol. The molecule has 0 unspecified atom stereocenters. The quantitative estimate of drug-likeness (QED) is 0.621. The van der Waals surface area contributed by atoms with E-state index in [4.69, 9.17) is 27.0 Å². The second-order valence-electron chi connectivity index (χ2n) is 5.03. The average Bonchev–Trinajstić information content (AvgIpc) is 2.55. The average molecular weight is 341 g/mol. The van der Waals surface area contributed by atoms with Crippen LogP contribution in [-0.2, 0) is 20.4 Å². The molecule has 1 aromatic heterocycles. The first-order chi connectivity index (χ1) is 9.45. The molecule has 0 saturated heterocycles. The molecule has 0 aliphatic heterocycles. The predicted molar refractivity (Wildman–Crippen MR) is 77.7 cm³/mol. The van der Waals surface area contributed by atoms with Crippen LogP contribution in [0, 0.1) is 0 Å². The largest absolute Gasteiger partial charge is 0.378 e. The lowest BCUT2D eigenvalue weighted by atomic mass is 10.1. The third-order valence-electron chi connectivity index (χ3n) is 3.57. The highest BCUT2D eigenvalue weighted by Crippen LogP contribution is 2.35. The molecule has 1 fully saturated rings. The third kappa shape index (κ3) is 3.47. The summed E-state index contributed by atoms with van der Waals surface area (Å²) in [5.74, 6) is 0. The number of nitrogens with zero attached hydrogens (tertiary/aromatic N) is 2. The second kappa shape index (κ2) is 6.64. The van der Waals surface area contributed by atoms with Crippen molar-refractivity contribution in [3.8, 4) is 0 Å². The summed E-state index contributed by atoms with van der Waals surface area (Å²) in [6.07, 6.45) is 6.50. The van der Waals surface area contributed by atoms with Gasteiger partial charge in [0, 0.05) is 17.8 Å². The van der Waals surface area contributed by atoms with Crippen molar-refractivity contribution in [2.24, 2.45) is 0 Å². The maximum absolute atomic E-state index is 11.7. The molecule has 0 spiro atoms. The van der Waals surface area contributed by atoms with Gasteiger partial charge in [-0.15, -0.1) is 0 Å². The Balaban J connectivity index is 2.43. The summed E-state index contributed by atoms with van der Waals surface area (Å²) in [6, 6.07) is 0.132. The van der Waals surface area contributed by atoms with E-state index in [9.17, 15) is 8.42 Å². The molecule has 5 nitrogen and oxygen atoms in total. The topological polar surface area (TPSA) is 61.2 Å². The van der Waals surface area contributed by atoms with E-state index in [2.05, 4.69) is 5.10 Å². The van der Waals surface area contributed by atoms with Crippen LogP contribution < -0.4 is 0 Å². The van der Waals surface area contributed by atoms with Gasteiger partial charge in [-0.2, -0.15) is 5.10 Å². The van der Waals surface area contributed by atoms with E-state index in [0.717, 1.165) is 25.7 Å². The number of halogens is 2. The zero-order valence-corrected chi connectivity index (χ0v) is 13.6. The van der Waals surface area contributed by atoms with E-state index in [-0.39, 0.29) is 28.4 Å². The van der Waals surface area contributed by atoms with Gasteiger partial charge in [-0.3, -0.25) is 0 Å². The summed E-state index contributed by atoms with van der Waals surface area (Å²) in [7, 11) is 3.01. The first kappa shape index (κ1) is 16.1. The van der Waals surface area contributed by atoms with Gasteiger partial charge in [0.25, 0.3) is 9.05 Å². The minimum absolute atomic E-state index is 0.0702. The molecule has 20 heavy (non-hydrogen) atoms. The zero-order chi connectivity index (χ0) is 14.8. The fourth-order valence-electron chi connectivity index (χ4n) is 2.66. The van der Waals surface area contributed by atoms with Crippen molar-refractivity contribution in [3.05, 3.63) is 10.8 Å². The van der Waals surface area contributed by atoms with Crippen molar-refractivity contribution < 1.29 is 13.2 Å². The van der Waals surface area contributed by atoms with Crippen LogP contribution >= 0.6 is 22.3 Å². The number of methoxy groups -OCH3 is 1. The van der Waals surface area contributed by atoms with Gasteiger partial charge >= 0.3 is 0 Å². The first-order valence-corrected chi connectivity index (χ1v) is 9.34. The molecule has 2 rings (SSSR count). The number of rotatable bonds is 4. The first-order valence-electron chi connectivity index (χ1n) is 6.65. The Labute approximate surface area is 128 Å². The van der Waals surface area contributed by atoms with Crippen molar-refractivity contribution >= 4 is 31.3 Å². The van der Waals surface area contributed by atoms with Crippen LogP contribution in [0.3, 0.4) is 0 Å². The molecule has 0 N–H and O–H groups in total. The van der Waals surface area contributed by atoms with Crippen molar-refractivity contribution in [1.82, 2.24) is 9.78 Å². The molecule has 1 saturated carbocycles. The summed E-state index contributed by atoms with van der Waals surface area (Å²) >= 11 is 6.22. The second-order valence-corrected chi connectivity index (χ2v) is 7.89. The molecule has 0 radical (unpaired) electrons. The van der Waals surface area contributed by atoms with Crippen molar-refractivity contribution in [2.75, 3.05) is 7.11 Å². The fourth-order valence-corrected chi connectivity index (χ4v) is 4.53. The molecule has 1 aromatic rings. The fraction of sp³-hybridized carbons (Fsp3) is 0.750. The van der Waals surface area contributed by atoms with Crippen LogP contribution in [0.2, 0.25) is 5.15 Å². The van der Waals surface area contributed by atoms with Crippen LogP contribution in [0.25, 0.3) is 0 Å². The number of aromatic nitrogens is 2. The Morgan fingerprint density at radius 3 is 2.40 bits per heavy atom. The Kier molecular flexibility index (Phi) is 5.34. The molecule has 0 bridgehead atoms. The highest BCUT2D eigenvalue weighted by molar-refractivity contribution is 8.13. The van der Waals surface area contributed by atoms with Crippen molar-refractivity contribution in [2.45, 2.75) is 56.1 Å². The summed E-state index contributed by atoms with van der Waals surface area (Å²) in [6.45, 7) is 0.0702. The standard InChI is InChI=1S/C12H18Cl2N2O3S/c1-19-8-10-11(20(14,17)18)12(13)16(15-10)9-6-4-2-3-5-7-9/h9H,2-8H2,1H3. The highest BCUT2D eigenvalue weighted by atomic mass is 35.7. The van der Waals surface area contributed by atoms with Gasteiger partial charge in [-0.25, -0.2) is 13.1 Å². The molecule has 1 heterocycles. The molecule has 0 aromatic carbocycles. The van der Waals surface area contributed by atoms with E-state index in [1.165, 1.54) is 20.0 Å². The summed E-state index contributed by atoms with van der Waals surface area (Å²) in [5, 5.41) is 4.42.